The fraction of sp³-hybridized carbons (Fsp3) is 0.333. The Kier molecular flexibility index (Phi) is 6.40. The topological polar surface area (TPSA) is 105 Å². The SMILES string of the molecule is COc1ccc(C=CC(=O)N[C@H](C(=O)O)[C@@H](C)O)cc1OC. The molecule has 1 rings (SSSR count). The third-order valence-corrected chi connectivity index (χ3v) is 2.88. The lowest BCUT2D eigenvalue weighted by atomic mass is 10.1. The van der Waals surface area contributed by atoms with Crippen LogP contribution in [-0.2, 0) is 9.59 Å². The van der Waals surface area contributed by atoms with Crippen molar-refractivity contribution < 1.29 is 29.3 Å². The largest absolute Gasteiger partial charge is 0.493 e. The number of ether oxygens (including phenoxy) is 2. The van der Waals surface area contributed by atoms with E-state index in [0.717, 1.165) is 0 Å². The number of aliphatic carboxylic acids is 1. The zero-order chi connectivity index (χ0) is 16.7. The number of carboxylic acid groups (broad SMARTS) is 1. The van der Waals surface area contributed by atoms with Crippen molar-refractivity contribution in [2.75, 3.05) is 14.2 Å². The summed E-state index contributed by atoms with van der Waals surface area (Å²) >= 11 is 0. The highest BCUT2D eigenvalue weighted by molar-refractivity contribution is 5.94. The van der Waals surface area contributed by atoms with Gasteiger partial charge < -0.3 is 25.0 Å². The standard InChI is InChI=1S/C15H19NO6/c1-9(17)14(15(19)20)16-13(18)7-5-10-4-6-11(21-2)12(8-10)22-3/h4-9,14,17H,1-3H3,(H,16,18)(H,19,20)/t9-,14+/m1/s1. The molecule has 0 aliphatic rings. The summed E-state index contributed by atoms with van der Waals surface area (Å²) < 4.78 is 10.2. The van der Waals surface area contributed by atoms with Crippen LogP contribution in [0.3, 0.4) is 0 Å². The first kappa shape index (κ1) is 17.5. The summed E-state index contributed by atoms with van der Waals surface area (Å²) in [5.41, 5.74) is 0.678. The maximum atomic E-state index is 11.7. The van der Waals surface area contributed by atoms with Gasteiger partial charge >= 0.3 is 5.97 Å². The molecule has 3 N–H and O–H groups in total. The molecule has 120 valence electrons. The molecule has 7 heteroatoms. The van der Waals surface area contributed by atoms with Crippen LogP contribution in [0.25, 0.3) is 6.08 Å². The maximum absolute atomic E-state index is 11.7. The van der Waals surface area contributed by atoms with Crippen LogP contribution in [0.5, 0.6) is 11.5 Å². The average molecular weight is 309 g/mol. The zero-order valence-electron chi connectivity index (χ0n) is 12.6. The number of carbonyl (C=O) groups is 2. The first-order valence-corrected chi connectivity index (χ1v) is 6.50. The van der Waals surface area contributed by atoms with Crippen molar-refractivity contribution in [3.05, 3.63) is 29.8 Å². The van der Waals surface area contributed by atoms with Crippen molar-refractivity contribution in [2.45, 2.75) is 19.1 Å². The molecule has 0 spiro atoms. The summed E-state index contributed by atoms with van der Waals surface area (Å²) in [5, 5.41) is 20.4. The van der Waals surface area contributed by atoms with Crippen molar-refractivity contribution in [1.29, 1.82) is 0 Å². The highest BCUT2D eigenvalue weighted by Gasteiger charge is 2.23. The van der Waals surface area contributed by atoms with E-state index in [9.17, 15) is 14.7 Å². The number of rotatable bonds is 7. The minimum Gasteiger partial charge on any atom is -0.493 e. The van der Waals surface area contributed by atoms with E-state index in [0.29, 0.717) is 17.1 Å². The summed E-state index contributed by atoms with van der Waals surface area (Å²) in [7, 11) is 3.01. The van der Waals surface area contributed by atoms with E-state index in [4.69, 9.17) is 14.6 Å². The molecular weight excluding hydrogens is 290 g/mol. The number of benzene rings is 1. The molecule has 1 aromatic rings. The van der Waals surface area contributed by atoms with E-state index in [2.05, 4.69) is 5.32 Å². The average Bonchev–Trinajstić information content (AvgIpc) is 2.49. The predicted molar refractivity (Wildman–Crippen MR) is 79.8 cm³/mol. The molecule has 0 radical (unpaired) electrons. The lowest BCUT2D eigenvalue weighted by Gasteiger charge is -2.15. The first-order valence-electron chi connectivity index (χ1n) is 6.50. The van der Waals surface area contributed by atoms with Crippen LogP contribution in [0.1, 0.15) is 12.5 Å². The number of hydrogen-bond acceptors (Lipinski definition) is 5. The summed E-state index contributed by atoms with van der Waals surface area (Å²) in [4.78, 5) is 22.6. The van der Waals surface area contributed by atoms with Crippen molar-refractivity contribution in [3.8, 4) is 11.5 Å². The van der Waals surface area contributed by atoms with Gasteiger partial charge in [0.05, 0.1) is 20.3 Å². The quantitative estimate of drug-likeness (QED) is 0.639. The fourth-order valence-electron chi connectivity index (χ4n) is 1.72. The molecule has 1 aromatic carbocycles. The van der Waals surface area contributed by atoms with Gasteiger partial charge in [-0.15, -0.1) is 0 Å². The van der Waals surface area contributed by atoms with E-state index >= 15 is 0 Å². The summed E-state index contributed by atoms with van der Waals surface area (Å²) in [6.07, 6.45) is 1.48. The highest BCUT2D eigenvalue weighted by Crippen LogP contribution is 2.27. The van der Waals surface area contributed by atoms with Gasteiger partial charge in [-0.1, -0.05) is 6.07 Å². The Labute approximate surface area is 128 Å². The monoisotopic (exact) mass is 309 g/mol. The Morgan fingerprint density at radius 3 is 2.36 bits per heavy atom. The molecule has 0 fully saturated rings. The van der Waals surface area contributed by atoms with Gasteiger partial charge in [0.15, 0.2) is 17.5 Å². The van der Waals surface area contributed by atoms with Crippen LogP contribution in [-0.4, -0.2) is 48.5 Å². The van der Waals surface area contributed by atoms with Crippen molar-refractivity contribution in [2.24, 2.45) is 0 Å². The zero-order valence-corrected chi connectivity index (χ0v) is 12.6. The van der Waals surface area contributed by atoms with Crippen molar-refractivity contribution >= 4 is 18.0 Å². The lowest BCUT2D eigenvalue weighted by Crippen LogP contribution is -2.47. The Hall–Kier alpha value is -2.54. The van der Waals surface area contributed by atoms with Gasteiger partial charge in [-0.05, 0) is 30.7 Å². The van der Waals surface area contributed by atoms with Crippen LogP contribution >= 0.6 is 0 Å². The number of carboxylic acids is 1. The Balaban J connectivity index is 2.79. The van der Waals surface area contributed by atoms with Crippen LogP contribution in [0, 0.1) is 0 Å². The smallest absolute Gasteiger partial charge is 0.328 e. The van der Waals surface area contributed by atoms with E-state index in [1.54, 1.807) is 18.2 Å². The summed E-state index contributed by atoms with van der Waals surface area (Å²) in [6.45, 7) is 1.29. The summed E-state index contributed by atoms with van der Waals surface area (Å²) in [6, 6.07) is 3.72. The molecule has 0 aliphatic heterocycles. The van der Waals surface area contributed by atoms with Gasteiger partial charge in [-0.2, -0.15) is 0 Å². The molecule has 0 aliphatic carbocycles. The number of amides is 1. The molecule has 2 atom stereocenters. The van der Waals surface area contributed by atoms with Gasteiger partial charge in [0, 0.05) is 6.08 Å². The molecule has 0 bridgehead atoms. The van der Waals surface area contributed by atoms with Crippen molar-refractivity contribution in [3.63, 3.8) is 0 Å². The molecule has 0 saturated heterocycles. The van der Waals surface area contributed by atoms with Crippen LogP contribution in [0.2, 0.25) is 0 Å². The highest BCUT2D eigenvalue weighted by atomic mass is 16.5. The number of aliphatic hydroxyl groups is 1. The Bertz CT molecular complexity index is 567. The summed E-state index contributed by atoms with van der Waals surface area (Å²) in [5.74, 6) is -0.854. The van der Waals surface area contributed by atoms with E-state index in [1.807, 2.05) is 0 Å². The maximum Gasteiger partial charge on any atom is 0.328 e. The van der Waals surface area contributed by atoms with E-state index < -0.39 is 24.0 Å². The normalized spacial score (nSPS) is 13.5. The minimum absolute atomic E-state index is 0.512. The van der Waals surface area contributed by atoms with Gasteiger partial charge in [-0.25, -0.2) is 4.79 Å². The second kappa shape index (κ2) is 8.04. The van der Waals surface area contributed by atoms with Crippen LogP contribution in [0.4, 0.5) is 0 Å². The predicted octanol–water partition coefficient (Wildman–Crippen LogP) is 0.667. The fourth-order valence-corrected chi connectivity index (χ4v) is 1.72. The van der Waals surface area contributed by atoms with Gasteiger partial charge in [0.2, 0.25) is 5.91 Å². The molecule has 7 nitrogen and oxygen atoms in total. The Morgan fingerprint density at radius 1 is 1.23 bits per heavy atom. The lowest BCUT2D eigenvalue weighted by molar-refractivity contribution is -0.144. The van der Waals surface area contributed by atoms with E-state index in [-0.39, 0.29) is 0 Å². The molecule has 0 unspecified atom stereocenters. The second-order valence-electron chi connectivity index (χ2n) is 4.51. The van der Waals surface area contributed by atoms with E-state index in [1.165, 1.54) is 33.3 Å². The first-order chi connectivity index (χ1) is 10.4. The number of nitrogens with one attached hydrogen (secondary N) is 1. The number of hydrogen-bond donors (Lipinski definition) is 3. The van der Waals surface area contributed by atoms with Gasteiger partial charge in [0.25, 0.3) is 0 Å². The van der Waals surface area contributed by atoms with Crippen LogP contribution < -0.4 is 14.8 Å². The molecule has 0 heterocycles. The van der Waals surface area contributed by atoms with Crippen LogP contribution in [0.15, 0.2) is 24.3 Å². The molecule has 1 amide bonds. The molecule has 0 aromatic heterocycles. The minimum atomic E-state index is -1.36. The second-order valence-corrected chi connectivity index (χ2v) is 4.51. The van der Waals surface area contributed by atoms with Gasteiger partial charge in [-0.3, -0.25) is 4.79 Å². The number of carbonyl (C=O) groups excluding carboxylic acids is 1. The number of methoxy groups -OCH3 is 2. The third-order valence-electron chi connectivity index (χ3n) is 2.88. The third kappa shape index (κ3) is 4.78. The molecule has 0 saturated carbocycles. The molecular formula is C15H19NO6. The van der Waals surface area contributed by atoms with Crippen molar-refractivity contribution in [1.82, 2.24) is 5.32 Å². The molecule has 22 heavy (non-hydrogen) atoms. The van der Waals surface area contributed by atoms with Gasteiger partial charge in [0.1, 0.15) is 0 Å². The Morgan fingerprint density at radius 2 is 1.86 bits per heavy atom. The number of aliphatic hydroxyl groups excluding tert-OH is 1.